The third-order valence-corrected chi connectivity index (χ3v) is 5.05. The summed E-state index contributed by atoms with van der Waals surface area (Å²) in [4.78, 5) is 35.8. The maximum absolute atomic E-state index is 12.0. The van der Waals surface area contributed by atoms with E-state index in [-0.39, 0.29) is 24.0 Å². The highest BCUT2D eigenvalue weighted by molar-refractivity contribution is 8.00. The zero-order valence-electron chi connectivity index (χ0n) is 16.9. The molecule has 0 aliphatic rings. The average molecular weight is 415 g/mol. The van der Waals surface area contributed by atoms with Gasteiger partial charge >= 0.3 is 5.97 Å². The summed E-state index contributed by atoms with van der Waals surface area (Å²) in [5.74, 6) is -0.994. The first-order valence-electron chi connectivity index (χ1n) is 9.37. The maximum Gasteiger partial charge on any atom is 0.316 e. The summed E-state index contributed by atoms with van der Waals surface area (Å²) in [5.41, 5.74) is 4.59. The Kier molecular flexibility index (Phi) is 8.73. The molecule has 0 atom stereocenters. The molecular weight excluding hydrogens is 388 g/mol. The topological polar surface area (TPSA) is 84.5 Å². The van der Waals surface area contributed by atoms with Gasteiger partial charge in [-0.15, -0.1) is 11.8 Å². The first-order valence-corrected chi connectivity index (χ1v) is 10.5. The van der Waals surface area contributed by atoms with Gasteiger partial charge in [-0.1, -0.05) is 42.8 Å². The van der Waals surface area contributed by atoms with E-state index in [0.29, 0.717) is 5.69 Å². The van der Waals surface area contributed by atoms with Crippen molar-refractivity contribution in [3.63, 3.8) is 0 Å². The smallest absolute Gasteiger partial charge is 0.316 e. The van der Waals surface area contributed by atoms with Crippen molar-refractivity contribution in [3.05, 3.63) is 59.2 Å². The van der Waals surface area contributed by atoms with Crippen LogP contribution in [0.5, 0.6) is 0 Å². The number of nitrogens with one attached hydrogen (secondary N) is 2. The van der Waals surface area contributed by atoms with E-state index < -0.39 is 11.9 Å². The van der Waals surface area contributed by atoms with Crippen molar-refractivity contribution in [2.24, 2.45) is 0 Å². The van der Waals surface area contributed by atoms with Crippen molar-refractivity contribution in [1.29, 1.82) is 0 Å². The van der Waals surface area contributed by atoms with Gasteiger partial charge in [0.25, 0.3) is 5.91 Å². The summed E-state index contributed by atoms with van der Waals surface area (Å²) in [6.07, 6.45) is 0.789. The van der Waals surface area contributed by atoms with Gasteiger partial charge in [-0.3, -0.25) is 14.4 Å². The highest BCUT2D eigenvalue weighted by Gasteiger charge is 2.11. The molecule has 0 aliphatic carbocycles. The van der Waals surface area contributed by atoms with Crippen LogP contribution in [0.4, 0.5) is 11.4 Å². The van der Waals surface area contributed by atoms with Crippen molar-refractivity contribution < 1.29 is 19.1 Å². The number of thioether (sulfide) groups is 1. The lowest BCUT2D eigenvalue weighted by Gasteiger charge is -2.10. The Balaban J connectivity index is 1.67. The van der Waals surface area contributed by atoms with Crippen LogP contribution in [-0.4, -0.2) is 35.9 Å². The standard InChI is InChI=1S/C22H26N2O4S/c1-4-17-7-5-6-8-19(17)24-20(25)12-28-22(27)14-29-13-21(26)23-18-10-9-15(2)11-16(18)3/h5-11H,4,12-14H2,1-3H3,(H,23,26)(H,24,25). The summed E-state index contributed by atoms with van der Waals surface area (Å²) in [6.45, 7) is 5.56. The van der Waals surface area contributed by atoms with Gasteiger partial charge in [-0.25, -0.2) is 0 Å². The molecule has 0 saturated carbocycles. The van der Waals surface area contributed by atoms with E-state index in [1.165, 1.54) is 0 Å². The molecule has 2 amide bonds. The van der Waals surface area contributed by atoms with Crippen LogP contribution in [0, 0.1) is 13.8 Å². The lowest BCUT2D eigenvalue weighted by molar-refractivity contribution is -0.144. The third kappa shape index (κ3) is 7.62. The second kappa shape index (κ2) is 11.3. The molecule has 2 N–H and O–H groups in total. The molecule has 0 heterocycles. The summed E-state index contributed by atoms with van der Waals surface area (Å²) in [6, 6.07) is 13.3. The van der Waals surface area contributed by atoms with Crippen LogP contribution in [0.15, 0.2) is 42.5 Å². The Hall–Kier alpha value is -2.80. The van der Waals surface area contributed by atoms with E-state index in [1.807, 2.05) is 63.2 Å². The second-order valence-electron chi connectivity index (χ2n) is 6.58. The molecule has 0 unspecified atom stereocenters. The fourth-order valence-corrected chi connectivity index (χ4v) is 3.30. The van der Waals surface area contributed by atoms with Gasteiger partial charge in [0.2, 0.25) is 5.91 Å². The van der Waals surface area contributed by atoms with Crippen LogP contribution in [0.1, 0.15) is 23.6 Å². The molecule has 154 valence electrons. The number of carbonyl (C=O) groups is 3. The van der Waals surface area contributed by atoms with Crippen molar-refractivity contribution >= 4 is 40.9 Å². The number of para-hydroxylation sites is 1. The number of ether oxygens (including phenoxy) is 1. The highest BCUT2D eigenvalue weighted by Crippen LogP contribution is 2.17. The molecule has 0 aliphatic heterocycles. The van der Waals surface area contributed by atoms with Crippen molar-refractivity contribution in [2.45, 2.75) is 27.2 Å². The zero-order chi connectivity index (χ0) is 21.2. The molecule has 0 fully saturated rings. The average Bonchev–Trinajstić information content (AvgIpc) is 2.69. The molecule has 7 heteroatoms. The lowest BCUT2D eigenvalue weighted by atomic mass is 10.1. The number of hydrogen-bond acceptors (Lipinski definition) is 5. The summed E-state index contributed by atoms with van der Waals surface area (Å²) in [5, 5.41) is 5.56. The zero-order valence-corrected chi connectivity index (χ0v) is 17.7. The molecule has 29 heavy (non-hydrogen) atoms. The van der Waals surface area contributed by atoms with E-state index in [2.05, 4.69) is 10.6 Å². The van der Waals surface area contributed by atoms with Crippen LogP contribution in [-0.2, 0) is 25.5 Å². The van der Waals surface area contributed by atoms with Crippen LogP contribution in [0.2, 0.25) is 0 Å². The molecule has 2 rings (SSSR count). The number of anilines is 2. The number of esters is 1. The van der Waals surface area contributed by atoms with Gasteiger partial charge < -0.3 is 15.4 Å². The van der Waals surface area contributed by atoms with Gasteiger partial charge in [0.15, 0.2) is 6.61 Å². The molecule has 0 bridgehead atoms. The summed E-state index contributed by atoms with van der Waals surface area (Å²) < 4.78 is 4.98. The molecular formula is C22H26N2O4S. The van der Waals surface area contributed by atoms with Crippen molar-refractivity contribution in [2.75, 3.05) is 28.7 Å². The minimum absolute atomic E-state index is 0.000866. The number of hydrogen-bond donors (Lipinski definition) is 2. The predicted molar refractivity (Wildman–Crippen MR) is 117 cm³/mol. The van der Waals surface area contributed by atoms with Gasteiger partial charge in [0.1, 0.15) is 0 Å². The van der Waals surface area contributed by atoms with Crippen LogP contribution >= 0.6 is 11.8 Å². The number of aryl methyl sites for hydroxylation is 3. The fourth-order valence-electron chi connectivity index (χ4n) is 2.69. The first-order chi connectivity index (χ1) is 13.9. The third-order valence-electron chi connectivity index (χ3n) is 4.15. The van der Waals surface area contributed by atoms with Gasteiger partial charge in [-0.2, -0.15) is 0 Å². The van der Waals surface area contributed by atoms with Crippen LogP contribution in [0.3, 0.4) is 0 Å². The quantitative estimate of drug-likeness (QED) is 0.611. The van der Waals surface area contributed by atoms with E-state index >= 15 is 0 Å². The van der Waals surface area contributed by atoms with Crippen molar-refractivity contribution in [1.82, 2.24) is 0 Å². The Morgan fingerprint density at radius 1 is 0.931 bits per heavy atom. The number of amides is 2. The number of benzene rings is 2. The Labute approximate surface area is 175 Å². The molecule has 0 spiro atoms. The molecule has 2 aromatic carbocycles. The second-order valence-corrected chi connectivity index (χ2v) is 7.56. The molecule has 0 saturated heterocycles. The maximum atomic E-state index is 12.0. The monoisotopic (exact) mass is 414 g/mol. The van der Waals surface area contributed by atoms with Crippen LogP contribution in [0.25, 0.3) is 0 Å². The first kappa shape index (κ1) is 22.5. The normalized spacial score (nSPS) is 10.3. The van der Waals surface area contributed by atoms with E-state index in [9.17, 15) is 14.4 Å². The van der Waals surface area contributed by atoms with Crippen LogP contribution < -0.4 is 10.6 Å². The Morgan fingerprint density at radius 2 is 1.66 bits per heavy atom. The minimum atomic E-state index is -0.534. The highest BCUT2D eigenvalue weighted by atomic mass is 32.2. The van der Waals surface area contributed by atoms with Gasteiger partial charge in [0.05, 0.1) is 11.5 Å². The van der Waals surface area contributed by atoms with Gasteiger partial charge in [-0.05, 0) is 43.5 Å². The molecule has 6 nitrogen and oxygen atoms in total. The van der Waals surface area contributed by atoms with E-state index in [1.54, 1.807) is 0 Å². The Bertz CT molecular complexity index is 883. The predicted octanol–water partition coefficient (Wildman–Crippen LogP) is 3.72. The van der Waals surface area contributed by atoms with E-state index in [4.69, 9.17) is 4.74 Å². The van der Waals surface area contributed by atoms with Gasteiger partial charge in [0, 0.05) is 11.4 Å². The molecule has 0 radical (unpaired) electrons. The number of rotatable bonds is 9. The van der Waals surface area contributed by atoms with Crippen molar-refractivity contribution in [3.8, 4) is 0 Å². The molecule has 2 aromatic rings. The number of carbonyl (C=O) groups excluding carboxylic acids is 3. The summed E-state index contributed by atoms with van der Waals surface area (Å²) >= 11 is 1.14. The molecule has 0 aromatic heterocycles. The largest absolute Gasteiger partial charge is 0.455 e. The SMILES string of the molecule is CCc1ccccc1NC(=O)COC(=O)CSCC(=O)Nc1ccc(C)cc1C. The lowest BCUT2D eigenvalue weighted by Crippen LogP contribution is -2.22. The van der Waals surface area contributed by atoms with E-state index in [0.717, 1.165) is 40.6 Å². The summed E-state index contributed by atoms with van der Waals surface area (Å²) in [7, 11) is 0. The Morgan fingerprint density at radius 3 is 2.38 bits per heavy atom. The fraction of sp³-hybridized carbons (Fsp3) is 0.318. The minimum Gasteiger partial charge on any atom is -0.455 e.